The normalized spacial score (nSPS) is 13.4. The van der Waals surface area contributed by atoms with E-state index < -0.39 is 0 Å². The highest BCUT2D eigenvalue weighted by atomic mass is 16.5. The standard InChI is InChI=1S/C14H18N2O4/c1-19-11-4-2-3-5-12(11)20-9-14(18)15-8-13(17)16-10-6-7-10/h2-5,10H,6-9H2,1H3,(H,15,18)(H,16,17). The summed E-state index contributed by atoms with van der Waals surface area (Å²) in [6.45, 7) is -0.179. The Bertz CT molecular complexity index is 486. The number of benzene rings is 1. The summed E-state index contributed by atoms with van der Waals surface area (Å²) >= 11 is 0. The van der Waals surface area contributed by atoms with Crippen LogP contribution in [0.1, 0.15) is 12.8 Å². The summed E-state index contributed by atoms with van der Waals surface area (Å²) in [6, 6.07) is 7.36. The van der Waals surface area contributed by atoms with Gasteiger partial charge in [0.05, 0.1) is 13.7 Å². The van der Waals surface area contributed by atoms with Crippen molar-refractivity contribution in [1.82, 2.24) is 10.6 Å². The van der Waals surface area contributed by atoms with Crippen molar-refractivity contribution in [2.45, 2.75) is 18.9 Å². The topological polar surface area (TPSA) is 76.7 Å². The van der Waals surface area contributed by atoms with E-state index >= 15 is 0 Å². The highest BCUT2D eigenvalue weighted by Crippen LogP contribution is 2.25. The molecule has 108 valence electrons. The van der Waals surface area contributed by atoms with Gasteiger partial charge in [-0.2, -0.15) is 0 Å². The van der Waals surface area contributed by atoms with Crippen molar-refractivity contribution in [2.75, 3.05) is 20.3 Å². The minimum absolute atomic E-state index is 0.0232. The fourth-order valence-corrected chi connectivity index (χ4v) is 1.62. The second-order valence-electron chi connectivity index (χ2n) is 4.56. The maximum Gasteiger partial charge on any atom is 0.258 e. The summed E-state index contributed by atoms with van der Waals surface area (Å²) in [5, 5.41) is 5.29. The zero-order valence-corrected chi connectivity index (χ0v) is 11.3. The zero-order valence-electron chi connectivity index (χ0n) is 11.3. The van der Waals surface area contributed by atoms with E-state index in [0.29, 0.717) is 17.5 Å². The molecule has 1 fully saturated rings. The van der Waals surface area contributed by atoms with Crippen LogP contribution in [0.4, 0.5) is 0 Å². The minimum atomic E-state index is -0.346. The van der Waals surface area contributed by atoms with Gasteiger partial charge >= 0.3 is 0 Å². The number of carbonyl (C=O) groups excluding carboxylic acids is 2. The van der Waals surface area contributed by atoms with Crippen molar-refractivity contribution >= 4 is 11.8 Å². The van der Waals surface area contributed by atoms with Gasteiger partial charge in [0.25, 0.3) is 5.91 Å². The van der Waals surface area contributed by atoms with E-state index in [9.17, 15) is 9.59 Å². The number of hydrogen-bond acceptors (Lipinski definition) is 4. The first kappa shape index (κ1) is 14.2. The Hall–Kier alpha value is -2.24. The van der Waals surface area contributed by atoms with Crippen LogP contribution in [0.2, 0.25) is 0 Å². The Kier molecular flexibility index (Phi) is 4.81. The highest BCUT2D eigenvalue weighted by molar-refractivity contribution is 5.85. The number of methoxy groups -OCH3 is 1. The molecular weight excluding hydrogens is 260 g/mol. The summed E-state index contributed by atoms with van der Waals surface area (Å²) in [6.07, 6.45) is 2.05. The maximum absolute atomic E-state index is 11.6. The van der Waals surface area contributed by atoms with E-state index in [-0.39, 0.29) is 25.0 Å². The maximum atomic E-state index is 11.6. The molecule has 1 aliphatic rings. The fraction of sp³-hybridized carbons (Fsp3) is 0.429. The lowest BCUT2D eigenvalue weighted by Crippen LogP contribution is -2.39. The lowest BCUT2D eigenvalue weighted by molar-refractivity contribution is -0.127. The first-order valence-corrected chi connectivity index (χ1v) is 6.51. The van der Waals surface area contributed by atoms with Crippen LogP contribution < -0.4 is 20.1 Å². The van der Waals surface area contributed by atoms with Crippen molar-refractivity contribution in [2.24, 2.45) is 0 Å². The molecule has 2 rings (SSSR count). The number of ether oxygens (including phenoxy) is 2. The van der Waals surface area contributed by atoms with Gasteiger partial charge in [-0.15, -0.1) is 0 Å². The molecule has 1 aliphatic carbocycles. The van der Waals surface area contributed by atoms with E-state index in [2.05, 4.69) is 10.6 Å². The van der Waals surface area contributed by atoms with Gasteiger partial charge in [0.15, 0.2) is 18.1 Å². The summed E-state index contributed by atoms with van der Waals surface area (Å²) in [7, 11) is 1.53. The molecule has 0 spiro atoms. The number of rotatable bonds is 7. The van der Waals surface area contributed by atoms with Crippen LogP contribution in [0.3, 0.4) is 0 Å². The summed E-state index contributed by atoms with van der Waals surface area (Å²) in [4.78, 5) is 23.0. The molecule has 1 aromatic rings. The largest absolute Gasteiger partial charge is 0.493 e. The van der Waals surface area contributed by atoms with Crippen LogP contribution in [-0.2, 0) is 9.59 Å². The minimum Gasteiger partial charge on any atom is -0.493 e. The van der Waals surface area contributed by atoms with Crippen LogP contribution in [0.25, 0.3) is 0 Å². The summed E-state index contributed by atoms with van der Waals surface area (Å²) in [5.41, 5.74) is 0. The number of nitrogens with one attached hydrogen (secondary N) is 2. The Labute approximate surface area is 117 Å². The second-order valence-corrected chi connectivity index (χ2v) is 4.56. The van der Waals surface area contributed by atoms with Crippen molar-refractivity contribution in [1.29, 1.82) is 0 Å². The molecule has 0 heterocycles. The molecule has 1 aromatic carbocycles. The lowest BCUT2D eigenvalue weighted by atomic mass is 10.3. The first-order valence-electron chi connectivity index (χ1n) is 6.51. The van der Waals surface area contributed by atoms with Crippen LogP contribution in [0.5, 0.6) is 11.5 Å². The molecule has 6 heteroatoms. The predicted molar refractivity (Wildman–Crippen MR) is 72.7 cm³/mol. The van der Waals surface area contributed by atoms with Gasteiger partial charge in [-0.1, -0.05) is 12.1 Å². The fourth-order valence-electron chi connectivity index (χ4n) is 1.62. The van der Waals surface area contributed by atoms with Gasteiger partial charge < -0.3 is 20.1 Å². The third-order valence-electron chi connectivity index (χ3n) is 2.82. The van der Waals surface area contributed by atoms with Crippen molar-refractivity contribution in [3.05, 3.63) is 24.3 Å². The van der Waals surface area contributed by atoms with E-state index in [0.717, 1.165) is 12.8 Å². The van der Waals surface area contributed by atoms with Crippen molar-refractivity contribution in [3.8, 4) is 11.5 Å². The smallest absolute Gasteiger partial charge is 0.258 e. The molecule has 0 aromatic heterocycles. The molecule has 6 nitrogen and oxygen atoms in total. The Morgan fingerprint density at radius 1 is 1.20 bits per heavy atom. The molecular formula is C14H18N2O4. The average Bonchev–Trinajstić information content (AvgIpc) is 3.27. The van der Waals surface area contributed by atoms with E-state index in [4.69, 9.17) is 9.47 Å². The molecule has 0 radical (unpaired) electrons. The molecule has 0 aliphatic heterocycles. The first-order chi connectivity index (χ1) is 9.69. The average molecular weight is 278 g/mol. The Balaban J connectivity index is 1.70. The van der Waals surface area contributed by atoms with Gasteiger partial charge in [0, 0.05) is 6.04 Å². The Morgan fingerprint density at radius 2 is 1.90 bits per heavy atom. The number of carbonyl (C=O) groups is 2. The van der Waals surface area contributed by atoms with E-state index in [1.165, 1.54) is 7.11 Å². The molecule has 1 saturated carbocycles. The van der Waals surface area contributed by atoms with Gasteiger partial charge in [0.2, 0.25) is 5.91 Å². The molecule has 2 N–H and O–H groups in total. The van der Waals surface area contributed by atoms with Crippen LogP contribution in [-0.4, -0.2) is 38.1 Å². The van der Waals surface area contributed by atoms with E-state index in [1.807, 2.05) is 6.07 Å². The molecule has 0 atom stereocenters. The quantitative estimate of drug-likeness (QED) is 0.760. The van der Waals surface area contributed by atoms with Crippen molar-refractivity contribution < 1.29 is 19.1 Å². The zero-order chi connectivity index (χ0) is 14.4. The van der Waals surface area contributed by atoms with Gasteiger partial charge in [-0.25, -0.2) is 0 Å². The summed E-state index contributed by atoms with van der Waals surface area (Å²) < 4.78 is 10.5. The van der Waals surface area contributed by atoms with Gasteiger partial charge in [-0.3, -0.25) is 9.59 Å². The number of hydrogen-bond donors (Lipinski definition) is 2. The van der Waals surface area contributed by atoms with Crippen LogP contribution >= 0.6 is 0 Å². The molecule has 0 bridgehead atoms. The lowest BCUT2D eigenvalue weighted by Gasteiger charge is -2.10. The molecule has 0 saturated heterocycles. The summed E-state index contributed by atoms with van der Waals surface area (Å²) in [5.74, 6) is 0.541. The Morgan fingerprint density at radius 3 is 2.55 bits per heavy atom. The van der Waals surface area contributed by atoms with E-state index in [1.54, 1.807) is 18.2 Å². The molecule has 20 heavy (non-hydrogen) atoms. The molecule has 2 amide bonds. The third kappa shape index (κ3) is 4.46. The highest BCUT2D eigenvalue weighted by Gasteiger charge is 2.23. The third-order valence-corrected chi connectivity index (χ3v) is 2.82. The van der Waals surface area contributed by atoms with Crippen molar-refractivity contribution in [3.63, 3.8) is 0 Å². The predicted octanol–water partition coefficient (Wildman–Crippen LogP) is 0.469. The monoisotopic (exact) mass is 278 g/mol. The number of amides is 2. The molecule has 0 unspecified atom stereocenters. The van der Waals surface area contributed by atoms with Gasteiger partial charge in [-0.05, 0) is 25.0 Å². The van der Waals surface area contributed by atoms with Crippen LogP contribution in [0, 0.1) is 0 Å². The van der Waals surface area contributed by atoms with Gasteiger partial charge in [0.1, 0.15) is 0 Å². The second kappa shape index (κ2) is 6.79. The van der Waals surface area contributed by atoms with Crippen LogP contribution in [0.15, 0.2) is 24.3 Å². The number of para-hydroxylation sites is 2. The SMILES string of the molecule is COc1ccccc1OCC(=O)NCC(=O)NC1CC1.